The molecule has 4 rings (SSSR count). The quantitative estimate of drug-likeness (QED) is 0.345. The molecule has 1 amide bonds. The second-order valence-electron chi connectivity index (χ2n) is 8.03. The van der Waals surface area contributed by atoms with Crippen molar-refractivity contribution in [2.24, 2.45) is 0 Å². The maximum Gasteiger partial charge on any atom is 0.253 e. The number of rotatable bonds is 6. The van der Waals surface area contributed by atoms with E-state index in [1.807, 2.05) is 0 Å². The van der Waals surface area contributed by atoms with Crippen LogP contribution in [0.15, 0.2) is 42.6 Å². The van der Waals surface area contributed by atoms with E-state index in [1.54, 1.807) is 35.0 Å². The second kappa shape index (κ2) is 9.87. The van der Waals surface area contributed by atoms with Gasteiger partial charge in [-0.15, -0.1) is 0 Å². The van der Waals surface area contributed by atoms with Gasteiger partial charge in [0, 0.05) is 24.2 Å². The summed E-state index contributed by atoms with van der Waals surface area (Å²) in [7, 11) is 1.51. The summed E-state index contributed by atoms with van der Waals surface area (Å²) >= 11 is 5.91. The summed E-state index contributed by atoms with van der Waals surface area (Å²) in [6.45, 7) is -0.343. The third-order valence-electron chi connectivity index (χ3n) is 5.87. The summed E-state index contributed by atoms with van der Waals surface area (Å²) in [5.74, 6) is -0.616. The van der Waals surface area contributed by atoms with Crippen molar-refractivity contribution in [3.63, 3.8) is 0 Å². The van der Waals surface area contributed by atoms with Crippen LogP contribution in [0.1, 0.15) is 15.9 Å². The molecule has 1 fully saturated rings. The molecule has 5 N–H and O–H groups in total. The summed E-state index contributed by atoms with van der Waals surface area (Å²) < 4.78 is 25.7. The Labute approximate surface area is 198 Å². The van der Waals surface area contributed by atoms with E-state index in [1.165, 1.54) is 19.2 Å². The fourth-order valence-electron chi connectivity index (χ4n) is 4.03. The SMILES string of the molecule is COc1ccc2c(C(=O)N[C@H]3C(O)O[C@H](CO)[C@@H](O)[C@@H]3O)cn(Cc3ccc(F)c(Cl)c3)c2c1. The molecule has 0 aliphatic carbocycles. The highest BCUT2D eigenvalue weighted by Gasteiger charge is 2.44. The van der Waals surface area contributed by atoms with Crippen LogP contribution in [-0.4, -0.2) is 75.3 Å². The molecule has 1 unspecified atom stereocenters. The van der Waals surface area contributed by atoms with Gasteiger partial charge in [0.25, 0.3) is 5.91 Å². The van der Waals surface area contributed by atoms with Gasteiger partial charge in [0.15, 0.2) is 6.29 Å². The first-order chi connectivity index (χ1) is 16.2. The zero-order chi connectivity index (χ0) is 24.6. The molecule has 5 atom stereocenters. The topological polar surface area (TPSA) is 133 Å². The number of hydrogen-bond acceptors (Lipinski definition) is 7. The van der Waals surface area contributed by atoms with E-state index >= 15 is 0 Å². The van der Waals surface area contributed by atoms with Crippen LogP contribution in [0.3, 0.4) is 0 Å². The lowest BCUT2D eigenvalue weighted by Gasteiger charge is -2.40. The number of aromatic nitrogens is 1. The number of hydrogen-bond donors (Lipinski definition) is 5. The first-order valence-electron chi connectivity index (χ1n) is 10.5. The summed E-state index contributed by atoms with van der Waals surface area (Å²) in [5, 5.41) is 42.9. The third-order valence-corrected chi connectivity index (χ3v) is 6.16. The van der Waals surface area contributed by atoms with Gasteiger partial charge in [0.1, 0.15) is 35.9 Å². The van der Waals surface area contributed by atoms with E-state index in [9.17, 15) is 29.6 Å². The average molecular weight is 495 g/mol. The number of methoxy groups -OCH3 is 1. The smallest absolute Gasteiger partial charge is 0.253 e. The fourth-order valence-corrected chi connectivity index (χ4v) is 4.23. The van der Waals surface area contributed by atoms with Crippen molar-refractivity contribution in [1.82, 2.24) is 9.88 Å². The fraction of sp³-hybridized carbons (Fsp3) is 0.348. The van der Waals surface area contributed by atoms with E-state index < -0.39 is 49.0 Å². The number of amides is 1. The van der Waals surface area contributed by atoms with Gasteiger partial charge in [-0.25, -0.2) is 4.39 Å². The number of aliphatic hydroxyl groups excluding tert-OH is 4. The van der Waals surface area contributed by atoms with Crippen molar-refractivity contribution in [2.75, 3.05) is 13.7 Å². The maximum atomic E-state index is 13.6. The zero-order valence-electron chi connectivity index (χ0n) is 18.1. The number of carbonyl (C=O) groups excluding carboxylic acids is 1. The number of benzene rings is 2. The summed E-state index contributed by atoms with van der Waals surface area (Å²) in [5.41, 5.74) is 1.57. The lowest BCUT2D eigenvalue weighted by atomic mass is 9.96. The van der Waals surface area contributed by atoms with Crippen molar-refractivity contribution < 1.29 is 39.1 Å². The van der Waals surface area contributed by atoms with Crippen LogP contribution < -0.4 is 10.1 Å². The van der Waals surface area contributed by atoms with Crippen LogP contribution in [0.5, 0.6) is 5.75 Å². The minimum Gasteiger partial charge on any atom is -0.497 e. The van der Waals surface area contributed by atoms with Crippen LogP contribution in [-0.2, 0) is 11.3 Å². The van der Waals surface area contributed by atoms with Crippen LogP contribution >= 0.6 is 11.6 Å². The lowest BCUT2D eigenvalue weighted by molar-refractivity contribution is -0.252. The van der Waals surface area contributed by atoms with Crippen molar-refractivity contribution >= 4 is 28.4 Å². The van der Waals surface area contributed by atoms with E-state index in [2.05, 4.69) is 5.32 Å². The Balaban J connectivity index is 1.67. The summed E-state index contributed by atoms with van der Waals surface area (Å²) in [6.07, 6.45) is -4.33. The Hall–Kier alpha value is -2.73. The van der Waals surface area contributed by atoms with Crippen LogP contribution in [0.4, 0.5) is 4.39 Å². The molecule has 1 aliphatic rings. The Morgan fingerprint density at radius 2 is 1.97 bits per heavy atom. The van der Waals surface area contributed by atoms with E-state index in [-0.39, 0.29) is 17.1 Å². The van der Waals surface area contributed by atoms with Gasteiger partial charge in [0.2, 0.25) is 0 Å². The van der Waals surface area contributed by atoms with Gasteiger partial charge in [0.05, 0.1) is 29.8 Å². The molecule has 2 aromatic carbocycles. The minimum absolute atomic E-state index is 0.0236. The van der Waals surface area contributed by atoms with E-state index in [0.29, 0.717) is 22.2 Å². The molecule has 0 bridgehead atoms. The Kier molecular flexibility index (Phi) is 7.08. The number of fused-ring (bicyclic) bond motifs is 1. The van der Waals surface area contributed by atoms with Gasteiger partial charge in [-0.2, -0.15) is 0 Å². The van der Waals surface area contributed by atoms with Gasteiger partial charge in [-0.3, -0.25) is 4.79 Å². The molecule has 11 heteroatoms. The van der Waals surface area contributed by atoms with E-state index in [0.717, 1.165) is 0 Å². The number of nitrogens with zero attached hydrogens (tertiary/aromatic N) is 1. The van der Waals surface area contributed by atoms with Crippen molar-refractivity contribution in [1.29, 1.82) is 0 Å². The van der Waals surface area contributed by atoms with Gasteiger partial charge >= 0.3 is 0 Å². The average Bonchev–Trinajstić information content (AvgIpc) is 3.18. The number of carbonyl (C=O) groups is 1. The maximum absolute atomic E-state index is 13.6. The molecule has 0 saturated carbocycles. The van der Waals surface area contributed by atoms with Crippen LogP contribution in [0.25, 0.3) is 10.9 Å². The molecule has 0 spiro atoms. The van der Waals surface area contributed by atoms with Gasteiger partial charge in [-0.1, -0.05) is 17.7 Å². The van der Waals surface area contributed by atoms with Crippen LogP contribution in [0.2, 0.25) is 5.02 Å². The molecule has 9 nitrogen and oxygen atoms in total. The minimum atomic E-state index is -1.64. The molecule has 34 heavy (non-hydrogen) atoms. The number of nitrogens with one attached hydrogen (secondary N) is 1. The predicted molar refractivity (Wildman–Crippen MR) is 120 cm³/mol. The molecule has 1 aromatic heterocycles. The molecule has 3 aromatic rings. The summed E-state index contributed by atoms with van der Waals surface area (Å²) in [4.78, 5) is 13.2. The first-order valence-corrected chi connectivity index (χ1v) is 10.8. The molecule has 2 heterocycles. The Morgan fingerprint density at radius 3 is 2.65 bits per heavy atom. The number of ether oxygens (including phenoxy) is 2. The largest absolute Gasteiger partial charge is 0.497 e. The second-order valence-corrected chi connectivity index (χ2v) is 8.44. The highest BCUT2D eigenvalue weighted by Crippen LogP contribution is 2.28. The third kappa shape index (κ3) is 4.61. The normalized spacial score (nSPS) is 24.9. The van der Waals surface area contributed by atoms with Crippen molar-refractivity contribution in [3.8, 4) is 5.75 Å². The predicted octanol–water partition coefficient (Wildman–Crippen LogP) is 1.02. The van der Waals surface area contributed by atoms with Gasteiger partial charge < -0.3 is 39.8 Å². The molecule has 1 saturated heterocycles. The molecule has 182 valence electrons. The van der Waals surface area contributed by atoms with Gasteiger partial charge in [-0.05, 0) is 29.8 Å². The van der Waals surface area contributed by atoms with Crippen molar-refractivity contribution in [3.05, 3.63) is 64.6 Å². The standard InChI is InChI=1S/C23H24ClFN2O7/c1-33-12-3-4-13-14(22(31)26-19-21(30)20(29)18(10-28)34-23(19)32)9-27(17(13)7-12)8-11-2-5-16(25)15(24)6-11/h2-7,9,18-21,23,28-30,32H,8,10H2,1H3,(H,26,31)/t18-,19-,20-,21-,23?/m1/s1. The van der Waals surface area contributed by atoms with E-state index in [4.69, 9.17) is 21.1 Å². The first kappa shape index (κ1) is 24.4. The van der Waals surface area contributed by atoms with Crippen molar-refractivity contribution in [2.45, 2.75) is 37.2 Å². The number of aliphatic hydroxyl groups is 4. The van der Waals surface area contributed by atoms with Crippen LogP contribution in [0, 0.1) is 5.82 Å². The molecular weight excluding hydrogens is 471 g/mol. The lowest BCUT2D eigenvalue weighted by Crippen LogP contribution is -2.64. The number of halogens is 2. The Bertz CT molecular complexity index is 1200. The molecule has 0 radical (unpaired) electrons. The highest BCUT2D eigenvalue weighted by molar-refractivity contribution is 6.30. The zero-order valence-corrected chi connectivity index (χ0v) is 18.8. The molecular formula is C23H24ClFN2O7. The summed E-state index contributed by atoms with van der Waals surface area (Å²) in [6, 6.07) is 8.11. The Morgan fingerprint density at radius 1 is 1.21 bits per heavy atom. The highest BCUT2D eigenvalue weighted by atomic mass is 35.5. The monoisotopic (exact) mass is 494 g/mol. The molecule has 1 aliphatic heterocycles.